The first-order valence-electron chi connectivity index (χ1n) is 5.59. The average molecular weight is 297 g/mol. The molecule has 2 N–H and O–H groups in total. The van der Waals surface area contributed by atoms with Crippen LogP contribution in [-0.2, 0) is 15.6 Å². The van der Waals surface area contributed by atoms with Crippen LogP contribution in [0.3, 0.4) is 0 Å². The highest BCUT2D eigenvalue weighted by Gasteiger charge is 2.19. The Bertz CT molecular complexity index is 714. The molecule has 0 fully saturated rings. The van der Waals surface area contributed by atoms with Crippen molar-refractivity contribution in [1.29, 1.82) is 0 Å². The summed E-state index contributed by atoms with van der Waals surface area (Å²) in [6.07, 6.45) is 0. The molecule has 0 aliphatic carbocycles. The van der Waals surface area contributed by atoms with Gasteiger partial charge in [-0.2, -0.15) is 0 Å². The summed E-state index contributed by atoms with van der Waals surface area (Å²) in [6, 6.07) is 9.66. The van der Waals surface area contributed by atoms with E-state index in [1.807, 2.05) is 13.0 Å². The smallest absolute Gasteiger partial charge is 0.185 e. The molecule has 0 spiro atoms. The topological polar surface area (TPSA) is 73.0 Å². The molecule has 0 saturated carbocycles. The SMILES string of the molecule is Cc1cccc(CS(=O)(=O)c2cc(N)ccc2Cl)n1. The summed E-state index contributed by atoms with van der Waals surface area (Å²) in [5, 5.41) is 0.168. The fourth-order valence-electron chi connectivity index (χ4n) is 1.71. The monoisotopic (exact) mass is 296 g/mol. The fourth-order valence-corrected chi connectivity index (χ4v) is 3.57. The van der Waals surface area contributed by atoms with Crippen molar-refractivity contribution in [3.8, 4) is 0 Å². The molecule has 1 heterocycles. The van der Waals surface area contributed by atoms with Gasteiger partial charge in [0, 0.05) is 11.4 Å². The van der Waals surface area contributed by atoms with E-state index in [0.29, 0.717) is 11.4 Å². The van der Waals surface area contributed by atoms with E-state index in [0.717, 1.165) is 5.69 Å². The number of sulfone groups is 1. The first-order valence-corrected chi connectivity index (χ1v) is 7.62. The lowest BCUT2D eigenvalue weighted by Crippen LogP contribution is -2.08. The van der Waals surface area contributed by atoms with Crippen molar-refractivity contribution in [1.82, 2.24) is 4.98 Å². The van der Waals surface area contributed by atoms with E-state index >= 15 is 0 Å². The molecule has 0 radical (unpaired) electrons. The zero-order valence-electron chi connectivity index (χ0n) is 10.3. The molecular formula is C13H13ClN2O2S. The van der Waals surface area contributed by atoms with E-state index in [1.54, 1.807) is 18.2 Å². The molecule has 4 nitrogen and oxygen atoms in total. The average Bonchev–Trinajstić information content (AvgIpc) is 2.31. The van der Waals surface area contributed by atoms with Crippen molar-refractivity contribution >= 4 is 27.1 Å². The van der Waals surface area contributed by atoms with E-state index in [4.69, 9.17) is 17.3 Å². The molecule has 19 heavy (non-hydrogen) atoms. The third-order valence-electron chi connectivity index (χ3n) is 2.57. The molecule has 1 aromatic heterocycles. The van der Waals surface area contributed by atoms with Crippen molar-refractivity contribution < 1.29 is 8.42 Å². The second-order valence-corrected chi connectivity index (χ2v) is 6.58. The predicted molar refractivity (Wildman–Crippen MR) is 75.7 cm³/mol. The second kappa shape index (κ2) is 5.19. The number of nitrogens with zero attached hydrogens (tertiary/aromatic N) is 1. The van der Waals surface area contributed by atoms with Crippen LogP contribution in [0.5, 0.6) is 0 Å². The molecule has 0 unspecified atom stereocenters. The number of hydrogen-bond acceptors (Lipinski definition) is 4. The van der Waals surface area contributed by atoms with E-state index in [-0.39, 0.29) is 15.7 Å². The largest absolute Gasteiger partial charge is 0.399 e. The van der Waals surface area contributed by atoms with Gasteiger partial charge >= 0.3 is 0 Å². The van der Waals surface area contributed by atoms with Crippen LogP contribution in [-0.4, -0.2) is 13.4 Å². The van der Waals surface area contributed by atoms with Gasteiger partial charge in [0.1, 0.15) is 0 Å². The summed E-state index contributed by atoms with van der Waals surface area (Å²) in [7, 11) is -3.56. The Morgan fingerprint density at radius 2 is 2.00 bits per heavy atom. The number of nitrogen functional groups attached to an aromatic ring is 1. The summed E-state index contributed by atoms with van der Waals surface area (Å²) >= 11 is 5.92. The highest BCUT2D eigenvalue weighted by Crippen LogP contribution is 2.26. The van der Waals surface area contributed by atoms with Crippen molar-refractivity contribution in [3.63, 3.8) is 0 Å². The molecule has 0 atom stereocenters. The van der Waals surface area contributed by atoms with Gasteiger partial charge in [-0.05, 0) is 37.3 Å². The maximum atomic E-state index is 12.3. The van der Waals surface area contributed by atoms with Crippen molar-refractivity contribution in [2.24, 2.45) is 0 Å². The number of pyridine rings is 1. The van der Waals surface area contributed by atoms with Gasteiger partial charge in [-0.15, -0.1) is 0 Å². The Balaban J connectivity index is 2.40. The van der Waals surface area contributed by atoms with Crippen molar-refractivity contribution in [2.45, 2.75) is 17.6 Å². The fraction of sp³-hybridized carbons (Fsp3) is 0.154. The van der Waals surface area contributed by atoms with Crippen molar-refractivity contribution in [2.75, 3.05) is 5.73 Å². The lowest BCUT2D eigenvalue weighted by molar-refractivity contribution is 0.594. The number of rotatable bonds is 3. The van der Waals surface area contributed by atoms with Crippen LogP contribution >= 0.6 is 11.6 Å². The predicted octanol–water partition coefficient (Wildman–Crippen LogP) is 2.60. The van der Waals surface area contributed by atoms with Gasteiger partial charge < -0.3 is 5.73 Å². The van der Waals surface area contributed by atoms with Crippen LogP contribution in [0.2, 0.25) is 5.02 Å². The Labute approximate surface area is 117 Å². The van der Waals surface area contributed by atoms with Crippen LogP contribution in [0.1, 0.15) is 11.4 Å². The van der Waals surface area contributed by atoms with Crippen LogP contribution in [0.25, 0.3) is 0 Å². The Kier molecular flexibility index (Phi) is 3.78. The van der Waals surface area contributed by atoms with Crippen LogP contribution in [0.15, 0.2) is 41.3 Å². The van der Waals surface area contributed by atoms with E-state index in [9.17, 15) is 8.42 Å². The molecule has 0 saturated heterocycles. The second-order valence-electron chi connectivity index (χ2n) is 4.22. The highest BCUT2D eigenvalue weighted by atomic mass is 35.5. The first kappa shape index (κ1) is 13.8. The van der Waals surface area contributed by atoms with Gasteiger partial charge in [-0.3, -0.25) is 4.98 Å². The minimum Gasteiger partial charge on any atom is -0.399 e. The van der Waals surface area contributed by atoms with Gasteiger partial charge in [0.25, 0.3) is 0 Å². The number of anilines is 1. The summed E-state index contributed by atoms with van der Waals surface area (Å²) in [6.45, 7) is 1.81. The lowest BCUT2D eigenvalue weighted by atomic mass is 10.3. The van der Waals surface area contributed by atoms with E-state index < -0.39 is 9.84 Å². The quantitative estimate of drug-likeness (QED) is 0.884. The molecule has 0 bridgehead atoms. The molecule has 0 aliphatic heterocycles. The van der Waals surface area contributed by atoms with E-state index in [1.165, 1.54) is 12.1 Å². The maximum absolute atomic E-state index is 12.3. The number of halogens is 1. The number of nitrogens with two attached hydrogens (primary N) is 1. The zero-order chi connectivity index (χ0) is 14.0. The van der Waals surface area contributed by atoms with Gasteiger partial charge in [0.15, 0.2) is 9.84 Å². The Morgan fingerprint density at radius 3 is 2.68 bits per heavy atom. The maximum Gasteiger partial charge on any atom is 0.185 e. The van der Waals surface area contributed by atoms with Crippen LogP contribution in [0.4, 0.5) is 5.69 Å². The van der Waals surface area contributed by atoms with Crippen LogP contribution in [0, 0.1) is 6.92 Å². The molecule has 0 aliphatic rings. The standard InChI is InChI=1S/C13H13ClN2O2S/c1-9-3-2-4-11(16-9)8-19(17,18)13-7-10(15)5-6-12(13)14/h2-7H,8,15H2,1H3. The van der Waals surface area contributed by atoms with Gasteiger partial charge in [0.2, 0.25) is 0 Å². The summed E-state index contributed by atoms with van der Waals surface area (Å²) in [4.78, 5) is 4.22. The molecule has 1 aromatic carbocycles. The minimum absolute atomic E-state index is 0.0393. The molecule has 2 rings (SSSR count). The minimum atomic E-state index is -3.56. The lowest BCUT2D eigenvalue weighted by Gasteiger charge is -2.07. The van der Waals surface area contributed by atoms with Crippen molar-refractivity contribution in [3.05, 3.63) is 52.8 Å². The zero-order valence-corrected chi connectivity index (χ0v) is 11.9. The molecule has 2 aromatic rings. The normalized spacial score (nSPS) is 11.5. The number of hydrogen-bond donors (Lipinski definition) is 1. The van der Waals surface area contributed by atoms with Crippen LogP contribution < -0.4 is 5.73 Å². The van der Waals surface area contributed by atoms with E-state index in [2.05, 4.69) is 4.98 Å². The third-order valence-corrected chi connectivity index (χ3v) is 4.70. The Morgan fingerprint density at radius 1 is 1.26 bits per heavy atom. The first-order chi connectivity index (χ1) is 8.88. The van der Waals surface area contributed by atoms with Gasteiger partial charge in [0.05, 0.1) is 21.4 Å². The molecular weight excluding hydrogens is 284 g/mol. The Hall–Kier alpha value is -1.59. The number of aryl methyl sites for hydroxylation is 1. The summed E-state index contributed by atoms with van der Waals surface area (Å²) < 4.78 is 24.6. The summed E-state index contributed by atoms with van der Waals surface area (Å²) in [5.41, 5.74) is 7.22. The number of aromatic nitrogens is 1. The summed E-state index contributed by atoms with van der Waals surface area (Å²) in [5.74, 6) is -0.197. The number of benzene rings is 1. The molecule has 6 heteroatoms. The van der Waals surface area contributed by atoms with Gasteiger partial charge in [-0.1, -0.05) is 17.7 Å². The van der Waals surface area contributed by atoms with Gasteiger partial charge in [-0.25, -0.2) is 8.42 Å². The molecule has 100 valence electrons. The highest BCUT2D eigenvalue weighted by molar-refractivity contribution is 7.90. The third kappa shape index (κ3) is 3.24. The molecule has 0 amide bonds.